The molecule has 0 saturated carbocycles. The smallest absolute Gasteiger partial charge is 0.256 e. The van der Waals surface area contributed by atoms with Crippen LogP contribution in [0.15, 0.2) is 75.3 Å². The van der Waals surface area contributed by atoms with E-state index in [1.165, 1.54) is 0 Å². The lowest BCUT2D eigenvalue weighted by atomic mass is 10.1. The molecule has 0 radical (unpaired) electrons. The third kappa shape index (κ3) is 3.91. The number of carbonyl (C=O) groups is 1. The van der Waals surface area contributed by atoms with Crippen LogP contribution in [0.4, 0.5) is 5.69 Å². The third-order valence-electron chi connectivity index (χ3n) is 3.55. The van der Waals surface area contributed by atoms with Gasteiger partial charge in [-0.05, 0) is 35.9 Å². The summed E-state index contributed by atoms with van der Waals surface area (Å²) in [6.45, 7) is 0. The van der Waals surface area contributed by atoms with Gasteiger partial charge in [0.15, 0.2) is 0 Å². The Morgan fingerprint density at radius 3 is 2.54 bits per heavy atom. The number of hydrogen-bond donors (Lipinski definition) is 1. The molecule has 1 N–H and O–H groups in total. The Hall–Kier alpha value is -1.98. The fourth-order valence-electron chi connectivity index (χ4n) is 2.37. The molecular formula is C19H16BrNO2S. The van der Waals surface area contributed by atoms with Crippen molar-refractivity contribution in [3.8, 4) is 0 Å². The maximum atomic E-state index is 12.6. The number of anilines is 1. The molecule has 0 bridgehead atoms. The van der Waals surface area contributed by atoms with Crippen LogP contribution in [0.3, 0.4) is 0 Å². The Kier molecular flexibility index (Phi) is 5.43. The zero-order valence-corrected chi connectivity index (χ0v) is 15.5. The SMILES string of the molecule is COC1=C(C(=O)Nc2ccc(Br)cc2)CS/C1=C\c1ccccc1. The van der Waals surface area contributed by atoms with Crippen LogP contribution >= 0.6 is 27.7 Å². The number of halogens is 1. The van der Waals surface area contributed by atoms with Crippen LogP contribution in [0, 0.1) is 0 Å². The Morgan fingerprint density at radius 1 is 1.17 bits per heavy atom. The highest BCUT2D eigenvalue weighted by atomic mass is 79.9. The van der Waals surface area contributed by atoms with E-state index in [0.717, 1.165) is 20.6 Å². The molecule has 2 aromatic carbocycles. The van der Waals surface area contributed by atoms with Gasteiger partial charge >= 0.3 is 0 Å². The van der Waals surface area contributed by atoms with E-state index in [2.05, 4.69) is 21.2 Å². The maximum Gasteiger partial charge on any atom is 0.256 e. The van der Waals surface area contributed by atoms with E-state index in [4.69, 9.17) is 4.74 Å². The Labute approximate surface area is 153 Å². The van der Waals surface area contributed by atoms with Gasteiger partial charge in [0, 0.05) is 15.9 Å². The number of benzene rings is 2. The standard InChI is InChI=1S/C19H16BrNO2S/c1-23-18-16(19(22)21-15-9-7-14(20)8-10-15)12-24-17(18)11-13-5-3-2-4-6-13/h2-11H,12H2,1H3,(H,21,22)/b17-11-. The number of carbonyl (C=O) groups excluding carboxylic acids is 1. The average Bonchev–Trinajstić information content (AvgIpc) is 3.00. The Balaban J connectivity index is 1.83. The molecule has 0 saturated heterocycles. The zero-order valence-electron chi connectivity index (χ0n) is 13.1. The lowest BCUT2D eigenvalue weighted by molar-refractivity contribution is -0.112. The normalized spacial score (nSPS) is 15.7. The van der Waals surface area contributed by atoms with E-state index in [1.54, 1.807) is 18.9 Å². The van der Waals surface area contributed by atoms with Crippen molar-refractivity contribution in [1.29, 1.82) is 0 Å². The van der Waals surface area contributed by atoms with Gasteiger partial charge in [0.1, 0.15) is 5.76 Å². The van der Waals surface area contributed by atoms with Crippen LogP contribution in [0.2, 0.25) is 0 Å². The predicted molar refractivity (Wildman–Crippen MR) is 104 cm³/mol. The molecule has 3 rings (SSSR count). The summed E-state index contributed by atoms with van der Waals surface area (Å²) in [4.78, 5) is 13.5. The lowest BCUT2D eigenvalue weighted by Gasteiger charge is -2.08. The Bertz CT molecular complexity index is 798. The first-order chi connectivity index (χ1) is 11.7. The molecule has 0 unspecified atom stereocenters. The number of methoxy groups -OCH3 is 1. The molecule has 1 heterocycles. The second-order valence-electron chi connectivity index (χ2n) is 5.18. The highest BCUT2D eigenvalue weighted by molar-refractivity contribution is 9.10. The van der Waals surface area contributed by atoms with E-state index >= 15 is 0 Å². The molecule has 0 fully saturated rings. The molecule has 0 atom stereocenters. The van der Waals surface area contributed by atoms with Crippen molar-refractivity contribution in [3.05, 3.63) is 80.9 Å². The molecule has 3 nitrogen and oxygen atoms in total. The Morgan fingerprint density at radius 2 is 1.88 bits per heavy atom. The number of ether oxygens (including phenoxy) is 1. The van der Waals surface area contributed by atoms with E-state index in [1.807, 2.05) is 60.7 Å². The summed E-state index contributed by atoms with van der Waals surface area (Å²) in [7, 11) is 1.60. The average molecular weight is 402 g/mol. The van der Waals surface area contributed by atoms with Gasteiger partial charge < -0.3 is 10.1 Å². The minimum absolute atomic E-state index is 0.127. The van der Waals surface area contributed by atoms with E-state index in [9.17, 15) is 4.79 Å². The number of hydrogen-bond acceptors (Lipinski definition) is 3. The maximum absolute atomic E-state index is 12.6. The molecule has 0 aliphatic carbocycles. The van der Waals surface area contributed by atoms with Gasteiger partial charge in [-0.2, -0.15) is 0 Å². The predicted octanol–water partition coefficient (Wildman–Crippen LogP) is 5.08. The molecular weight excluding hydrogens is 386 g/mol. The molecule has 0 aromatic heterocycles. The minimum atomic E-state index is -0.127. The quantitative estimate of drug-likeness (QED) is 0.776. The number of nitrogens with one attached hydrogen (secondary N) is 1. The van der Waals surface area contributed by atoms with Gasteiger partial charge in [-0.15, -0.1) is 11.8 Å². The zero-order chi connectivity index (χ0) is 16.9. The molecule has 2 aromatic rings. The van der Waals surface area contributed by atoms with Gasteiger partial charge in [0.2, 0.25) is 0 Å². The molecule has 5 heteroatoms. The van der Waals surface area contributed by atoms with Crippen LogP contribution in [0.25, 0.3) is 6.08 Å². The molecule has 0 spiro atoms. The summed E-state index contributed by atoms with van der Waals surface area (Å²) in [5.74, 6) is 1.13. The van der Waals surface area contributed by atoms with Crippen LogP contribution < -0.4 is 5.32 Å². The first kappa shape index (κ1) is 16.9. The van der Waals surface area contributed by atoms with Gasteiger partial charge in [0.25, 0.3) is 5.91 Å². The fraction of sp³-hybridized carbons (Fsp3) is 0.105. The molecule has 24 heavy (non-hydrogen) atoms. The van der Waals surface area contributed by atoms with Crippen LogP contribution in [-0.4, -0.2) is 18.8 Å². The largest absolute Gasteiger partial charge is 0.495 e. The molecule has 1 aliphatic rings. The van der Waals surface area contributed by atoms with E-state index in [-0.39, 0.29) is 5.91 Å². The van der Waals surface area contributed by atoms with Crippen LogP contribution in [-0.2, 0) is 9.53 Å². The highest BCUT2D eigenvalue weighted by Crippen LogP contribution is 2.38. The van der Waals surface area contributed by atoms with Crippen LogP contribution in [0.5, 0.6) is 0 Å². The van der Waals surface area contributed by atoms with Gasteiger partial charge in [-0.1, -0.05) is 46.3 Å². The van der Waals surface area contributed by atoms with Crippen LogP contribution in [0.1, 0.15) is 5.56 Å². The second kappa shape index (κ2) is 7.73. The molecule has 122 valence electrons. The van der Waals surface area contributed by atoms with Crippen molar-refractivity contribution >= 4 is 45.4 Å². The topological polar surface area (TPSA) is 38.3 Å². The number of rotatable bonds is 4. The summed E-state index contributed by atoms with van der Waals surface area (Å²) in [6, 6.07) is 17.5. The minimum Gasteiger partial charge on any atom is -0.495 e. The second-order valence-corrected chi connectivity index (χ2v) is 7.11. The monoisotopic (exact) mass is 401 g/mol. The number of thioether (sulfide) groups is 1. The molecule has 1 amide bonds. The van der Waals surface area contributed by atoms with Crippen molar-refractivity contribution in [1.82, 2.24) is 0 Å². The fourth-order valence-corrected chi connectivity index (χ4v) is 3.75. The van der Waals surface area contributed by atoms with Gasteiger partial charge in [-0.3, -0.25) is 4.79 Å². The van der Waals surface area contributed by atoms with Gasteiger partial charge in [0.05, 0.1) is 17.6 Å². The molecule has 1 aliphatic heterocycles. The highest BCUT2D eigenvalue weighted by Gasteiger charge is 2.26. The van der Waals surface area contributed by atoms with Crippen molar-refractivity contribution in [3.63, 3.8) is 0 Å². The van der Waals surface area contributed by atoms with E-state index in [0.29, 0.717) is 17.1 Å². The van der Waals surface area contributed by atoms with E-state index < -0.39 is 0 Å². The van der Waals surface area contributed by atoms with Gasteiger partial charge in [-0.25, -0.2) is 0 Å². The van der Waals surface area contributed by atoms with Crippen molar-refractivity contribution < 1.29 is 9.53 Å². The summed E-state index contributed by atoms with van der Waals surface area (Å²) in [5, 5.41) is 2.92. The first-order valence-electron chi connectivity index (χ1n) is 7.41. The van der Waals surface area contributed by atoms with Crippen molar-refractivity contribution in [2.24, 2.45) is 0 Å². The number of amides is 1. The first-order valence-corrected chi connectivity index (χ1v) is 9.19. The summed E-state index contributed by atoms with van der Waals surface area (Å²) in [6.07, 6.45) is 2.05. The van der Waals surface area contributed by atoms with Crippen molar-refractivity contribution in [2.45, 2.75) is 0 Å². The summed E-state index contributed by atoms with van der Waals surface area (Å²) < 4.78 is 6.48. The summed E-state index contributed by atoms with van der Waals surface area (Å²) in [5.41, 5.74) is 2.51. The van der Waals surface area contributed by atoms with Crippen molar-refractivity contribution in [2.75, 3.05) is 18.2 Å². The third-order valence-corrected chi connectivity index (χ3v) is 5.12. The summed E-state index contributed by atoms with van der Waals surface area (Å²) >= 11 is 5.00. The lowest BCUT2D eigenvalue weighted by Crippen LogP contribution is -2.16.